The van der Waals surface area contributed by atoms with Gasteiger partial charge in [0.25, 0.3) is 0 Å². The first-order valence-electron chi connectivity index (χ1n) is 7.47. The number of urea groups is 1. The average Bonchev–Trinajstić information content (AvgIpc) is 2.42. The molecular weight excluding hydrogens is 274 g/mol. The summed E-state index contributed by atoms with van der Waals surface area (Å²) in [6, 6.07) is -1.34. The molecule has 0 heterocycles. The molecule has 0 saturated heterocycles. The van der Waals surface area contributed by atoms with Crippen molar-refractivity contribution in [1.82, 2.24) is 16.0 Å². The second-order valence-corrected chi connectivity index (χ2v) is 5.06. The van der Waals surface area contributed by atoms with Gasteiger partial charge in [0.2, 0.25) is 5.91 Å². The predicted octanol–water partition coefficient (Wildman–Crippen LogP) is 1.23. The monoisotopic (exact) mass is 301 g/mol. The maximum absolute atomic E-state index is 11.6. The minimum absolute atomic E-state index is 0.108. The number of carboxylic acids is 1. The Morgan fingerprint density at radius 1 is 1.14 bits per heavy atom. The molecule has 0 saturated carbocycles. The third-order valence-corrected chi connectivity index (χ3v) is 3.11. The van der Waals surface area contributed by atoms with E-state index in [0.29, 0.717) is 6.42 Å². The molecule has 0 aromatic heterocycles. The van der Waals surface area contributed by atoms with Gasteiger partial charge in [-0.05, 0) is 19.8 Å². The van der Waals surface area contributed by atoms with Gasteiger partial charge < -0.3 is 21.1 Å². The molecule has 2 atom stereocenters. The summed E-state index contributed by atoms with van der Waals surface area (Å²) in [5.74, 6) is -1.18. The summed E-state index contributed by atoms with van der Waals surface area (Å²) in [5.41, 5.74) is 0. The number of carboxylic acid groups (broad SMARTS) is 1. The number of hydrogen-bond acceptors (Lipinski definition) is 3. The smallest absolute Gasteiger partial charge is 0.326 e. The van der Waals surface area contributed by atoms with Crippen molar-refractivity contribution in [3.05, 3.63) is 0 Å². The molecule has 0 radical (unpaired) electrons. The molecule has 7 nitrogen and oxygen atoms in total. The van der Waals surface area contributed by atoms with E-state index in [1.807, 2.05) is 20.8 Å². The second kappa shape index (κ2) is 10.9. The van der Waals surface area contributed by atoms with Crippen LogP contribution in [0.4, 0.5) is 4.79 Å². The number of aliphatic carboxylic acids is 1. The van der Waals surface area contributed by atoms with E-state index in [0.717, 1.165) is 19.3 Å². The molecule has 0 aromatic carbocycles. The summed E-state index contributed by atoms with van der Waals surface area (Å²) in [5, 5.41) is 16.7. The SMILES string of the molecule is CCCCC(NC(=O)NCCC(=O)NC(C)CC)C(=O)O. The van der Waals surface area contributed by atoms with Gasteiger partial charge in [0.15, 0.2) is 0 Å². The molecule has 0 rings (SSSR count). The Labute approximate surface area is 125 Å². The van der Waals surface area contributed by atoms with Gasteiger partial charge >= 0.3 is 12.0 Å². The van der Waals surface area contributed by atoms with Crippen molar-refractivity contribution in [1.29, 1.82) is 0 Å². The molecule has 0 aliphatic carbocycles. The van der Waals surface area contributed by atoms with E-state index in [2.05, 4.69) is 16.0 Å². The lowest BCUT2D eigenvalue weighted by molar-refractivity contribution is -0.139. The third-order valence-electron chi connectivity index (χ3n) is 3.11. The largest absolute Gasteiger partial charge is 0.480 e. The van der Waals surface area contributed by atoms with Crippen LogP contribution in [0.3, 0.4) is 0 Å². The average molecular weight is 301 g/mol. The van der Waals surface area contributed by atoms with E-state index in [-0.39, 0.29) is 24.9 Å². The summed E-state index contributed by atoms with van der Waals surface area (Å²) in [4.78, 5) is 34.0. The predicted molar refractivity (Wildman–Crippen MR) is 80.0 cm³/mol. The Kier molecular flexibility index (Phi) is 10.0. The van der Waals surface area contributed by atoms with Crippen LogP contribution in [-0.2, 0) is 9.59 Å². The van der Waals surface area contributed by atoms with E-state index >= 15 is 0 Å². The first-order chi connectivity index (χ1) is 9.90. The topological polar surface area (TPSA) is 108 Å². The fourth-order valence-electron chi connectivity index (χ4n) is 1.61. The zero-order chi connectivity index (χ0) is 16.3. The summed E-state index contributed by atoms with van der Waals surface area (Å²) in [6.07, 6.45) is 3.01. The van der Waals surface area contributed by atoms with Crippen LogP contribution in [0.2, 0.25) is 0 Å². The molecule has 0 fully saturated rings. The molecule has 3 amide bonds. The lowest BCUT2D eigenvalue weighted by atomic mass is 10.1. The number of unbranched alkanes of at least 4 members (excludes halogenated alkanes) is 1. The fraction of sp³-hybridized carbons (Fsp3) is 0.786. The van der Waals surface area contributed by atoms with E-state index in [9.17, 15) is 14.4 Å². The van der Waals surface area contributed by atoms with Gasteiger partial charge in [-0.15, -0.1) is 0 Å². The molecule has 0 aliphatic heterocycles. The minimum Gasteiger partial charge on any atom is -0.480 e. The normalized spacial score (nSPS) is 13.1. The highest BCUT2D eigenvalue weighted by molar-refractivity contribution is 5.83. The number of rotatable bonds is 10. The van der Waals surface area contributed by atoms with Crippen LogP contribution in [0.1, 0.15) is 52.9 Å². The zero-order valence-corrected chi connectivity index (χ0v) is 13.1. The molecule has 2 unspecified atom stereocenters. The number of hydrogen-bond donors (Lipinski definition) is 4. The van der Waals surface area contributed by atoms with Gasteiger partial charge in [-0.25, -0.2) is 9.59 Å². The van der Waals surface area contributed by atoms with Crippen LogP contribution in [0.15, 0.2) is 0 Å². The number of carbonyl (C=O) groups is 3. The van der Waals surface area contributed by atoms with Gasteiger partial charge in [-0.1, -0.05) is 26.7 Å². The first-order valence-corrected chi connectivity index (χ1v) is 7.47. The maximum Gasteiger partial charge on any atom is 0.326 e. The van der Waals surface area contributed by atoms with Crippen molar-refractivity contribution in [2.75, 3.05) is 6.54 Å². The van der Waals surface area contributed by atoms with Gasteiger partial charge in [0, 0.05) is 19.0 Å². The maximum atomic E-state index is 11.6. The van der Waals surface area contributed by atoms with Crippen molar-refractivity contribution in [3.63, 3.8) is 0 Å². The Balaban J connectivity index is 3.97. The fourth-order valence-corrected chi connectivity index (χ4v) is 1.61. The Morgan fingerprint density at radius 3 is 2.33 bits per heavy atom. The molecule has 0 aliphatic rings. The highest BCUT2D eigenvalue weighted by Gasteiger charge is 2.18. The number of nitrogens with one attached hydrogen (secondary N) is 3. The van der Waals surface area contributed by atoms with Gasteiger partial charge in [0.05, 0.1) is 0 Å². The molecule has 0 spiro atoms. The highest BCUT2D eigenvalue weighted by atomic mass is 16.4. The minimum atomic E-state index is -1.05. The molecule has 0 bridgehead atoms. The third kappa shape index (κ3) is 9.70. The Bertz CT molecular complexity index is 347. The van der Waals surface area contributed by atoms with Crippen molar-refractivity contribution >= 4 is 17.9 Å². The van der Waals surface area contributed by atoms with Gasteiger partial charge in [0.1, 0.15) is 6.04 Å². The lowest BCUT2D eigenvalue weighted by Gasteiger charge is -2.15. The molecule has 4 N–H and O–H groups in total. The molecular formula is C14H27N3O4. The number of carbonyl (C=O) groups excluding carboxylic acids is 2. The lowest BCUT2D eigenvalue weighted by Crippen LogP contribution is -2.46. The quantitative estimate of drug-likeness (QED) is 0.487. The van der Waals surface area contributed by atoms with E-state index < -0.39 is 18.0 Å². The van der Waals surface area contributed by atoms with Crippen LogP contribution < -0.4 is 16.0 Å². The van der Waals surface area contributed by atoms with Gasteiger partial charge in [-0.3, -0.25) is 4.79 Å². The molecule has 122 valence electrons. The second-order valence-electron chi connectivity index (χ2n) is 5.06. The highest BCUT2D eigenvalue weighted by Crippen LogP contribution is 2.00. The summed E-state index contributed by atoms with van der Waals surface area (Å²) in [7, 11) is 0. The van der Waals surface area contributed by atoms with E-state index in [1.165, 1.54) is 0 Å². The van der Waals surface area contributed by atoms with Crippen LogP contribution in [0, 0.1) is 0 Å². The Hall–Kier alpha value is -1.79. The van der Waals surface area contributed by atoms with E-state index in [1.54, 1.807) is 0 Å². The van der Waals surface area contributed by atoms with Crippen molar-refractivity contribution < 1.29 is 19.5 Å². The van der Waals surface area contributed by atoms with Crippen LogP contribution in [-0.4, -0.2) is 41.6 Å². The molecule has 7 heteroatoms. The number of amides is 3. The zero-order valence-electron chi connectivity index (χ0n) is 13.1. The van der Waals surface area contributed by atoms with Crippen molar-refractivity contribution in [3.8, 4) is 0 Å². The van der Waals surface area contributed by atoms with Crippen LogP contribution in [0.25, 0.3) is 0 Å². The molecule has 21 heavy (non-hydrogen) atoms. The van der Waals surface area contributed by atoms with E-state index in [4.69, 9.17) is 5.11 Å². The summed E-state index contributed by atoms with van der Waals surface area (Å²) in [6.45, 7) is 6.01. The van der Waals surface area contributed by atoms with Gasteiger partial charge in [-0.2, -0.15) is 0 Å². The summed E-state index contributed by atoms with van der Waals surface area (Å²) >= 11 is 0. The summed E-state index contributed by atoms with van der Waals surface area (Å²) < 4.78 is 0. The van der Waals surface area contributed by atoms with Crippen LogP contribution >= 0.6 is 0 Å². The first kappa shape index (κ1) is 19.2. The standard InChI is InChI=1S/C14H27N3O4/c1-4-6-7-11(13(19)20)17-14(21)15-9-8-12(18)16-10(3)5-2/h10-11H,4-9H2,1-3H3,(H,16,18)(H,19,20)(H2,15,17,21). The van der Waals surface area contributed by atoms with Crippen LogP contribution in [0.5, 0.6) is 0 Å². The van der Waals surface area contributed by atoms with Crippen molar-refractivity contribution in [2.45, 2.75) is 65.0 Å². The molecule has 0 aromatic rings. The van der Waals surface area contributed by atoms with Crippen molar-refractivity contribution in [2.24, 2.45) is 0 Å². The Morgan fingerprint density at radius 2 is 1.81 bits per heavy atom.